The Balaban J connectivity index is 2.02. The van der Waals surface area contributed by atoms with Crippen LogP contribution in [0.15, 0.2) is 28.9 Å². The fourth-order valence-corrected chi connectivity index (χ4v) is 1.70. The Bertz CT molecular complexity index is 497. The normalized spacial score (nSPS) is 10.4. The summed E-state index contributed by atoms with van der Waals surface area (Å²) in [5.74, 6) is 0. The van der Waals surface area contributed by atoms with Gasteiger partial charge in [-0.05, 0) is 34.1 Å². The Morgan fingerprint density at radius 1 is 1.50 bits per heavy atom. The second-order valence-corrected chi connectivity index (χ2v) is 4.63. The maximum atomic E-state index is 5.98. The zero-order valence-electron chi connectivity index (χ0n) is 8.61. The molecule has 0 aliphatic rings. The van der Waals surface area contributed by atoms with Crippen molar-refractivity contribution in [2.24, 2.45) is 7.05 Å². The number of hydrogen-bond donors (Lipinski definition) is 1. The van der Waals surface area contributed by atoms with Crippen molar-refractivity contribution in [3.8, 4) is 0 Å². The number of hydrogen-bond acceptors (Lipinski definition) is 3. The van der Waals surface area contributed by atoms with Crippen molar-refractivity contribution in [1.82, 2.24) is 15.0 Å². The number of halogens is 2. The lowest BCUT2D eigenvalue weighted by Crippen LogP contribution is -1.99. The third-order valence-corrected chi connectivity index (χ3v) is 3.28. The first-order valence-electron chi connectivity index (χ1n) is 4.69. The fourth-order valence-electron chi connectivity index (χ4n) is 1.28. The molecule has 1 heterocycles. The predicted octanol–water partition coefficient (Wildman–Crippen LogP) is 2.84. The van der Waals surface area contributed by atoms with E-state index in [0.717, 1.165) is 15.9 Å². The van der Waals surface area contributed by atoms with Crippen molar-refractivity contribution in [3.63, 3.8) is 0 Å². The molecule has 0 spiro atoms. The molecule has 0 radical (unpaired) electrons. The van der Waals surface area contributed by atoms with Gasteiger partial charge >= 0.3 is 0 Å². The zero-order valence-corrected chi connectivity index (χ0v) is 11.0. The van der Waals surface area contributed by atoms with Gasteiger partial charge in [-0.15, -0.1) is 5.10 Å². The molecule has 1 N–H and O–H groups in total. The predicted molar refractivity (Wildman–Crippen MR) is 67.5 cm³/mol. The minimum atomic E-state index is 0.631. The first-order valence-corrected chi connectivity index (χ1v) is 5.86. The van der Waals surface area contributed by atoms with Crippen LogP contribution < -0.4 is 5.32 Å². The van der Waals surface area contributed by atoms with Crippen LogP contribution in [-0.4, -0.2) is 15.0 Å². The van der Waals surface area contributed by atoms with E-state index in [1.54, 1.807) is 4.68 Å². The molecule has 0 aliphatic heterocycles. The monoisotopic (exact) mass is 300 g/mol. The molecule has 0 amide bonds. The Morgan fingerprint density at radius 2 is 2.31 bits per heavy atom. The second-order valence-electron chi connectivity index (χ2n) is 3.37. The van der Waals surface area contributed by atoms with E-state index < -0.39 is 0 Å². The highest BCUT2D eigenvalue weighted by atomic mass is 79.9. The number of rotatable bonds is 3. The van der Waals surface area contributed by atoms with E-state index in [-0.39, 0.29) is 0 Å². The first-order chi connectivity index (χ1) is 7.65. The van der Waals surface area contributed by atoms with Crippen molar-refractivity contribution in [3.05, 3.63) is 39.6 Å². The lowest BCUT2D eigenvalue weighted by Gasteiger charge is -2.05. The molecule has 1 aromatic heterocycles. The van der Waals surface area contributed by atoms with E-state index >= 15 is 0 Å². The van der Waals surface area contributed by atoms with Crippen molar-refractivity contribution in [2.45, 2.75) is 6.54 Å². The van der Waals surface area contributed by atoms with Gasteiger partial charge in [0, 0.05) is 23.4 Å². The number of benzene rings is 1. The van der Waals surface area contributed by atoms with Gasteiger partial charge in [-0.25, -0.2) is 0 Å². The minimum Gasteiger partial charge on any atom is -0.379 e. The first kappa shape index (κ1) is 11.4. The van der Waals surface area contributed by atoms with Crippen LogP contribution in [0.5, 0.6) is 0 Å². The molecule has 16 heavy (non-hydrogen) atoms. The van der Waals surface area contributed by atoms with Crippen molar-refractivity contribution < 1.29 is 0 Å². The SMILES string of the molecule is Cn1cc(CNc2ccc(Br)c(Cl)c2)nn1. The van der Waals surface area contributed by atoms with E-state index in [4.69, 9.17) is 11.6 Å². The van der Waals surface area contributed by atoms with Crippen LogP contribution >= 0.6 is 27.5 Å². The Kier molecular flexibility index (Phi) is 3.46. The van der Waals surface area contributed by atoms with Gasteiger partial charge in [-0.3, -0.25) is 4.68 Å². The summed E-state index contributed by atoms with van der Waals surface area (Å²) in [6.45, 7) is 0.631. The van der Waals surface area contributed by atoms with Gasteiger partial charge in [0.05, 0.1) is 11.6 Å². The maximum absolute atomic E-state index is 5.98. The number of nitrogens with one attached hydrogen (secondary N) is 1. The maximum Gasteiger partial charge on any atom is 0.102 e. The van der Waals surface area contributed by atoms with Gasteiger partial charge in [-0.1, -0.05) is 16.8 Å². The molecule has 0 saturated carbocycles. The van der Waals surface area contributed by atoms with Crippen molar-refractivity contribution in [2.75, 3.05) is 5.32 Å². The molecule has 6 heteroatoms. The molecule has 84 valence electrons. The molecule has 2 aromatic rings. The van der Waals surface area contributed by atoms with Crippen LogP contribution in [0.1, 0.15) is 5.69 Å². The lowest BCUT2D eigenvalue weighted by molar-refractivity contribution is 0.713. The second kappa shape index (κ2) is 4.84. The Morgan fingerprint density at radius 3 is 2.94 bits per heavy atom. The Hall–Kier alpha value is -1.07. The third-order valence-electron chi connectivity index (χ3n) is 2.04. The average molecular weight is 302 g/mol. The van der Waals surface area contributed by atoms with Crippen LogP contribution in [0.4, 0.5) is 5.69 Å². The third kappa shape index (κ3) is 2.74. The number of aromatic nitrogens is 3. The van der Waals surface area contributed by atoms with Crippen molar-refractivity contribution >= 4 is 33.2 Å². The van der Waals surface area contributed by atoms with Crippen molar-refractivity contribution in [1.29, 1.82) is 0 Å². The molecule has 0 bridgehead atoms. The van der Waals surface area contributed by atoms with Crippen LogP contribution in [0.25, 0.3) is 0 Å². The summed E-state index contributed by atoms with van der Waals surface area (Å²) in [5, 5.41) is 11.7. The van der Waals surface area contributed by atoms with E-state index in [1.165, 1.54) is 0 Å². The summed E-state index contributed by atoms with van der Waals surface area (Å²) in [6.07, 6.45) is 1.87. The standard InChI is InChI=1S/C10H10BrClN4/c1-16-6-8(14-15-16)5-13-7-2-3-9(11)10(12)4-7/h2-4,6,13H,5H2,1H3. The molecule has 0 saturated heterocycles. The smallest absolute Gasteiger partial charge is 0.102 e. The quantitative estimate of drug-likeness (QED) is 0.948. The van der Waals surface area contributed by atoms with Gasteiger partial charge in [0.1, 0.15) is 5.69 Å². The molecule has 4 nitrogen and oxygen atoms in total. The van der Waals surface area contributed by atoms with Gasteiger partial charge in [0.2, 0.25) is 0 Å². The van der Waals surface area contributed by atoms with Crippen LogP contribution in [0, 0.1) is 0 Å². The minimum absolute atomic E-state index is 0.631. The van der Waals surface area contributed by atoms with Gasteiger partial charge in [-0.2, -0.15) is 0 Å². The molecular formula is C10H10BrClN4. The highest BCUT2D eigenvalue weighted by Crippen LogP contribution is 2.25. The summed E-state index contributed by atoms with van der Waals surface area (Å²) in [6, 6.07) is 5.72. The van der Waals surface area contributed by atoms with Gasteiger partial charge in [0.25, 0.3) is 0 Å². The molecule has 1 aromatic carbocycles. The summed E-state index contributed by atoms with van der Waals surface area (Å²) >= 11 is 9.32. The van der Waals surface area contributed by atoms with Crippen LogP contribution in [0.3, 0.4) is 0 Å². The van der Waals surface area contributed by atoms with Gasteiger partial charge < -0.3 is 5.32 Å². The van der Waals surface area contributed by atoms with E-state index in [2.05, 4.69) is 31.6 Å². The van der Waals surface area contributed by atoms with E-state index in [9.17, 15) is 0 Å². The Labute approximate surface area is 107 Å². The topological polar surface area (TPSA) is 42.7 Å². The number of anilines is 1. The summed E-state index contributed by atoms with van der Waals surface area (Å²) in [4.78, 5) is 0. The molecular weight excluding hydrogens is 291 g/mol. The van der Waals surface area contributed by atoms with Crippen LogP contribution in [-0.2, 0) is 13.6 Å². The zero-order chi connectivity index (χ0) is 11.5. The number of aryl methyl sites for hydroxylation is 1. The average Bonchev–Trinajstić information content (AvgIpc) is 2.66. The summed E-state index contributed by atoms with van der Waals surface area (Å²) in [5.41, 5.74) is 1.85. The largest absolute Gasteiger partial charge is 0.379 e. The van der Waals surface area contributed by atoms with E-state index in [1.807, 2.05) is 31.4 Å². The molecule has 0 aliphatic carbocycles. The molecule has 2 rings (SSSR count). The number of nitrogens with zero attached hydrogens (tertiary/aromatic N) is 3. The molecule has 0 unspecified atom stereocenters. The highest BCUT2D eigenvalue weighted by molar-refractivity contribution is 9.10. The van der Waals surface area contributed by atoms with E-state index in [0.29, 0.717) is 11.6 Å². The summed E-state index contributed by atoms with van der Waals surface area (Å²) < 4.78 is 2.56. The highest BCUT2D eigenvalue weighted by Gasteiger charge is 2.01. The summed E-state index contributed by atoms with van der Waals surface area (Å²) in [7, 11) is 1.84. The lowest BCUT2D eigenvalue weighted by atomic mass is 10.3. The molecule has 0 fully saturated rings. The molecule has 0 atom stereocenters. The van der Waals surface area contributed by atoms with Crippen LogP contribution in [0.2, 0.25) is 5.02 Å². The fraction of sp³-hybridized carbons (Fsp3) is 0.200. The van der Waals surface area contributed by atoms with Gasteiger partial charge in [0.15, 0.2) is 0 Å².